The molecule has 0 saturated heterocycles. The SMILES string of the molecule is c1ccc(-n2c3ccccc3c3cc4c(cc32)c2c3ccccc3sc2n4-c2ccc(-c3c4ccccc4n4c3cnc3ccccc34)cc2)cc1. The van der Waals surface area contributed by atoms with Crippen molar-refractivity contribution in [3.8, 4) is 22.5 Å². The predicted molar refractivity (Wildman–Crippen MR) is 220 cm³/mol. The molecule has 0 bridgehead atoms. The first-order valence-corrected chi connectivity index (χ1v) is 18.5. The van der Waals surface area contributed by atoms with Crippen LogP contribution in [0.4, 0.5) is 0 Å². The van der Waals surface area contributed by atoms with Crippen LogP contribution in [0.5, 0.6) is 0 Å². The molecule has 0 aliphatic carbocycles. The Balaban J connectivity index is 1.13. The largest absolute Gasteiger partial charge is 0.309 e. The Morgan fingerprint density at radius 2 is 1.06 bits per heavy atom. The Morgan fingerprint density at radius 1 is 0.423 bits per heavy atom. The van der Waals surface area contributed by atoms with Crippen LogP contribution in [-0.2, 0) is 0 Å². The van der Waals surface area contributed by atoms with E-state index in [2.05, 4.69) is 177 Å². The Bertz CT molecular complexity index is 3400. The van der Waals surface area contributed by atoms with Gasteiger partial charge in [0.15, 0.2) is 0 Å². The zero-order chi connectivity index (χ0) is 33.9. The van der Waals surface area contributed by atoms with Crippen LogP contribution in [0.3, 0.4) is 0 Å². The summed E-state index contributed by atoms with van der Waals surface area (Å²) >= 11 is 1.87. The fourth-order valence-electron chi connectivity index (χ4n) is 8.68. The lowest BCUT2D eigenvalue weighted by atomic mass is 10.0. The van der Waals surface area contributed by atoms with Crippen molar-refractivity contribution in [2.24, 2.45) is 0 Å². The summed E-state index contributed by atoms with van der Waals surface area (Å²) in [5.74, 6) is 0. The number of hydrogen-bond donors (Lipinski definition) is 0. The lowest BCUT2D eigenvalue weighted by Crippen LogP contribution is -1.94. The van der Waals surface area contributed by atoms with Crippen LogP contribution in [-0.4, -0.2) is 18.5 Å². The molecule has 12 rings (SSSR count). The highest BCUT2D eigenvalue weighted by molar-refractivity contribution is 7.25. The zero-order valence-corrected chi connectivity index (χ0v) is 28.7. The Morgan fingerprint density at radius 3 is 1.90 bits per heavy atom. The van der Waals surface area contributed by atoms with Gasteiger partial charge in [-0.15, -0.1) is 11.3 Å². The number of hydrogen-bond acceptors (Lipinski definition) is 2. The third-order valence-electron chi connectivity index (χ3n) is 10.9. The molecule has 0 fully saturated rings. The second kappa shape index (κ2) is 10.4. The van der Waals surface area contributed by atoms with Gasteiger partial charge in [-0.2, -0.15) is 0 Å². The number of rotatable bonds is 3. The number of fused-ring (bicyclic) bond motifs is 13. The molecule has 5 heteroatoms. The summed E-state index contributed by atoms with van der Waals surface area (Å²) in [4.78, 5) is 6.15. The molecule has 7 aromatic carbocycles. The second-order valence-corrected chi connectivity index (χ2v) is 14.6. The highest BCUT2D eigenvalue weighted by atomic mass is 32.1. The third kappa shape index (κ3) is 3.72. The topological polar surface area (TPSA) is 27.2 Å². The first-order valence-electron chi connectivity index (χ1n) is 17.6. The van der Waals surface area contributed by atoms with E-state index in [0.29, 0.717) is 0 Å². The number of aromatic nitrogens is 4. The van der Waals surface area contributed by atoms with E-state index in [9.17, 15) is 0 Å². The van der Waals surface area contributed by atoms with E-state index in [4.69, 9.17) is 4.98 Å². The molecular formula is C47H28N4S. The highest BCUT2D eigenvalue weighted by Gasteiger charge is 2.22. The molecule has 0 aliphatic rings. The van der Waals surface area contributed by atoms with Crippen molar-refractivity contribution >= 4 is 91.8 Å². The minimum absolute atomic E-state index is 0.991. The van der Waals surface area contributed by atoms with Gasteiger partial charge in [-0.1, -0.05) is 97.1 Å². The maximum absolute atomic E-state index is 4.88. The Kier molecular flexibility index (Phi) is 5.62. The standard InChI is InChI=1S/C47H28N4S/c1-2-12-30(13-3-1)49-38-18-8-4-14-32(38)35-26-42-36(27-41(35)49)46-34-16-6-11-21-44(34)52-47(46)50(42)31-24-22-29(23-25-31)45-33-15-5-9-19-39(33)51-40-20-10-7-17-37(40)48-28-43(45)51/h1-28H. The van der Waals surface area contributed by atoms with Crippen LogP contribution >= 0.6 is 11.3 Å². The van der Waals surface area contributed by atoms with E-state index in [0.717, 1.165) is 22.2 Å². The number of benzene rings is 7. The number of nitrogens with zero attached hydrogens (tertiary/aromatic N) is 4. The van der Waals surface area contributed by atoms with Gasteiger partial charge >= 0.3 is 0 Å². The van der Waals surface area contributed by atoms with Crippen molar-refractivity contribution in [2.75, 3.05) is 0 Å². The smallest absolute Gasteiger partial charge is 0.109 e. The van der Waals surface area contributed by atoms with E-state index >= 15 is 0 Å². The fraction of sp³-hybridized carbons (Fsp3) is 0. The zero-order valence-electron chi connectivity index (χ0n) is 27.9. The van der Waals surface area contributed by atoms with Gasteiger partial charge in [0.1, 0.15) is 4.83 Å². The lowest BCUT2D eigenvalue weighted by molar-refractivity contribution is 1.18. The minimum Gasteiger partial charge on any atom is -0.309 e. The molecule has 0 unspecified atom stereocenters. The molecule has 0 saturated carbocycles. The Labute approximate surface area is 301 Å². The summed E-state index contributed by atoms with van der Waals surface area (Å²) in [5, 5.41) is 7.62. The van der Waals surface area contributed by atoms with Crippen LogP contribution in [0.25, 0.3) is 103 Å². The summed E-state index contributed by atoms with van der Waals surface area (Å²) in [7, 11) is 0. The average Bonchev–Trinajstić information content (AvgIpc) is 3.93. The van der Waals surface area contributed by atoms with E-state index in [1.807, 2.05) is 17.5 Å². The summed E-state index contributed by atoms with van der Waals surface area (Å²) in [5.41, 5.74) is 12.8. The maximum Gasteiger partial charge on any atom is 0.109 e. The summed E-state index contributed by atoms with van der Waals surface area (Å²) in [6, 6.07) is 59.5. The van der Waals surface area contributed by atoms with Gasteiger partial charge in [-0.25, -0.2) is 0 Å². The molecule has 0 radical (unpaired) electrons. The first-order chi connectivity index (χ1) is 25.8. The average molecular weight is 681 g/mol. The van der Waals surface area contributed by atoms with E-state index in [-0.39, 0.29) is 0 Å². The first kappa shape index (κ1) is 28.1. The lowest BCUT2D eigenvalue weighted by Gasteiger charge is -2.10. The summed E-state index contributed by atoms with van der Waals surface area (Å²) in [6.07, 6.45) is 2.03. The number of thiophene rings is 1. The molecule has 0 spiro atoms. The third-order valence-corrected chi connectivity index (χ3v) is 12.0. The van der Waals surface area contributed by atoms with Crippen molar-refractivity contribution in [3.63, 3.8) is 0 Å². The van der Waals surface area contributed by atoms with E-state index in [1.165, 1.54) is 80.7 Å². The van der Waals surface area contributed by atoms with Gasteiger partial charge < -0.3 is 13.5 Å². The van der Waals surface area contributed by atoms with Gasteiger partial charge in [0.2, 0.25) is 0 Å². The van der Waals surface area contributed by atoms with Crippen LogP contribution in [0, 0.1) is 0 Å². The van der Waals surface area contributed by atoms with Crippen LogP contribution < -0.4 is 0 Å². The van der Waals surface area contributed by atoms with Gasteiger partial charge in [0, 0.05) is 54.0 Å². The highest BCUT2D eigenvalue weighted by Crippen LogP contribution is 2.46. The minimum atomic E-state index is 0.991. The summed E-state index contributed by atoms with van der Waals surface area (Å²) < 4.78 is 8.56. The normalized spacial score (nSPS) is 12.2. The molecule has 0 N–H and O–H groups in total. The monoisotopic (exact) mass is 680 g/mol. The number of para-hydroxylation sites is 5. The van der Waals surface area contributed by atoms with Crippen LogP contribution in [0.1, 0.15) is 0 Å². The molecule has 52 heavy (non-hydrogen) atoms. The van der Waals surface area contributed by atoms with Gasteiger partial charge in [0.25, 0.3) is 0 Å². The van der Waals surface area contributed by atoms with Crippen LogP contribution in [0.15, 0.2) is 170 Å². The summed E-state index contributed by atoms with van der Waals surface area (Å²) in [6.45, 7) is 0. The van der Waals surface area contributed by atoms with E-state index in [1.54, 1.807) is 0 Å². The van der Waals surface area contributed by atoms with Gasteiger partial charge in [0.05, 0.1) is 44.8 Å². The molecule has 0 aliphatic heterocycles. The molecule has 12 aromatic rings. The van der Waals surface area contributed by atoms with Crippen LogP contribution in [0.2, 0.25) is 0 Å². The van der Waals surface area contributed by atoms with Crippen molar-refractivity contribution in [2.45, 2.75) is 0 Å². The molecular weight excluding hydrogens is 653 g/mol. The quantitative estimate of drug-likeness (QED) is 0.182. The molecule has 5 aromatic heterocycles. The van der Waals surface area contributed by atoms with Crippen molar-refractivity contribution < 1.29 is 0 Å². The van der Waals surface area contributed by atoms with Crippen molar-refractivity contribution in [3.05, 3.63) is 170 Å². The fourth-order valence-corrected chi connectivity index (χ4v) is 9.93. The van der Waals surface area contributed by atoms with Crippen molar-refractivity contribution in [1.29, 1.82) is 0 Å². The van der Waals surface area contributed by atoms with Crippen molar-refractivity contribution in [1.82, 2.24) is 18.5 Å². The molecule has 5 heterocycles. The molecule has 0 atom stereocenters. The second-order valence-electron chi connectivity index (χ2n) is 13.6. The molecule has 4 nitrogen and oxygen atoms in total. The predicted octanol–water partition coefficient (Wildman–Crippen LogP) is 12.7. The van der Waals surface area contributed by atoms with Gasteiger partial charge in [-0.3, -0.25) is 4.98 Å². The van der Waals surface area contributed by atoms with Gasteiger partial charge in [-0.05, 0) is 72.3 Å². The van der Waals surface area contributed by atoms with E-state index < -0.39 is 0 Å². The molecule has 242 valence electrons. The maximum atomic E-state index is 4.88. The molecule has 0 amide bonds. The Hall–Kier alpha value is -6.69.